The van der Waals surface area contributed by atoms with E-state index in [9.17, 15) is 4.79 Å². The predicted molar refractivity (Wildman–Crippen MR) is 97.4 cm³/mol. The van der Waals surface area contributed by atoms with Crippen molar-refractivity contribution in [1.29, 1.82) is 0 Å². The summed E-state index contributed by atoms with van der Waals surface area (Å²) in [5, 5.41) is 3.56. The SMILES string of the molecule is Cc1cc(Br)c(NC(=O)CSc2ccccc2Cl)c(Br)c1. The van der Waals surface area contributed by atoms with E-state index in [0.29, 0.717) is 10.8 Å². The highest BCUT2D eigenvalue weighted by Crippen LogP contribution is 2.33. The van der Waals surface area contributed by atoms with Crippen LogP contribution < -0.4 is 5.32 Å². The molecule has 1 amide bonds. The summed E-state index contributed by atoms with van der Waals surface area (Å²) in [6, 6.07) is 11.4. The molecule has 0 unspecified atom stereocenters. The Labute approximate surface area is 149 Å². The van der Waals surface area contributed by atoms with Crippen LogP contribution >= 0.6 is 55.2 Å². The molecule has 6 heteroatoms. The fourth-order valence-corrected chi connectivity index (χ4v) is 4.35. The molecule has 0 bridgehead atoms. The number of benzene rings is 2. The van der Waals surface area contributed by atoms with E-state index in [1.807, 2.05) is 43.3 Å². The minimum Gasteiger partial charge on any atom is -0.323 e. The lowest BCUT2D eigenvalue weighted by atomic mass is 10.2. The van der Waals surface area contributed by atoms with Gasteiger partial charge in [-0.05, 0) is 68.6 Å². The van der Waals surface area contributed by atoms with Gasteiger partial charge in [-0.2, -0.15) is 0 Å². The highest BCUT2D eigenvalue weighted by atomic mass is 79.9. The number of carbonyl (C=O) groups is 1. The van der Waals surface area contributed by atoms with Crippen molar-refractivity contribution in [3.8, 4) is 0 Å². The Kier molecular flexibility index (Phi) is 6.17. The number of amides is 1. The minimum atomic E-state index is -0.0785. The van der Waals surface area contributed by atoms with Crippen LogP contribution in [0.2, 0.25) is 5.02 Å². The van der Waals surface area contributed by atoms with E-state index in [2.05, 4.69) is 37.2 Å². The first-order chi connectivity index (χ1) is 9.97. The van der Waals surface area contributed by atoms with Gasteiger partial charge in [0.1, 0.15) is 0 Å². The summed E-state index contributed by atoms with van der Waals surface area (Å²) in [6.07, 6.45) is 0. The summed E-state index contributed by atoms with van der Waals surface area (Å²) in [5.41, 5.74) is 1.85. The van der Waals surface area contributed by atoms with Gasteiger partial charge in [-0.15, -0.1) is 11.8 Å². The van der Waals surface area contributed by atoms with Crippen molar-refractivity contribution in [2.24, 2.45) is 0 Å². The first-order valence-electron chi connectivity index (χ1n) is 6.10. The van der Waals surface area contributed by atoms with Crippen LogP contribution in [0.15, 0.2) is 50.2 Å². The molecule has 0 spiro atoms. The number of anilines is 1. The average molecular weight is 450 g/mol. The van der Waals surface area contributed by atoms with Crippen molar-refractivity contribution in [1.82, 2.24) is 0 Å². The molecule has 0 atom stereocenters. The van der Waals surface area contributed by atoms with Crippen molar-refractivity contribution in [3.63, 3.8) is 0 Å². The van der Waals surface area contributed by atoms with E-state index in [1.54, 1.807) is 0 Å². The van der Waals surface area contributed by atoms with E-state index in [1.165, 1.54) is 11.8 Å². The molecule has 110 valence electrons. The Bertz CT molecular complexity index is 655. The molecular weight excluding hydrogens is 437 g/mol. The Balaban J connectivity index is 2.01. The van der Waals surface area contributed by atoms with Gasteiger partial charge in [0.2, 0.25) is 5.91 Å². The first kappa shape index (κ1) is 16.9. The molecular formula is C15H12Br2ClNOS. The monoisotopic (exact) mass is 447 g/mol. The van der Waals surface area contributed by atoms with Crippen molar-refractivity contribution in [2.75, 3.05) is 11.1 Å². The van der Waals surface area contributed by atoms with Gasteiger partial charge >= 0.3 is 0 Å². The number of hydrogen-bond acceptors (Lipinski definition) is 2. The molecule has 0 aliphatic carbocycles. The highest BCUT2D eigenvalue weighted by molar-refractivity contribution is 9.11. The van der Waals surface area contributed by atoms with E-state index in [4.69, 9.17) is 11.6 Å². The summed E-state index contributed by atoms with van der Waals surface area (Å²) < 4.78 is 1.70. The number of rotatable bonds is 4. The van der Waals surface area contributed by atoms with Crippen molar-refractivity contribution in [3.05, 3.63) is 55.9 Å². The van der Waals surface area contributed by atoms with Crippen LogP contribution in [-0.2, 0) is 4.79 Å². The van der Waals surface area contributed by atoms with Gasteiger partial charge in [0.15, 0.2) is 0 Å². The van der Waals surface area contributed by atoms with Crippen LogP contribution in [0, 0.1) is 6.92 Å². The zero-order chi connectivity index (χ0) is 15.4. The van der Waals surface area contributed by atoms with E-state index in [0.717, 1.165) is 25.1 Å². The largest absolute Gasteiger partial charge is 0.323 e. The summed E-state index contributed by atoms with van der Waals surface area (Å²) >= 11 is 14.4. The summed E-state index contributed by atoms with van der Waals surface area (Å²) in [5.74, 6) is 0.224. The quantitative estimate of drug-likeness (QED) is 0.589. The zero-order valence-electron chi connectivity index (χ0n) is 11.1. The molecule has 2 rings (SSSR count). The lowest BCUT2D eigenvalue weighted by Gasteiger charge is -2.11. The molecule has 0 fully saturated rings. The zero-order valence-corrected chi connectivity index (χ0v) is 15.9. The van der Waals surface area contributed by atoms with E-state index >= 15 is 0 Å². The second-order valence-electron chi connectivity index (χ2n) is 4.37. The maximum Gasteiger partial charge on any atom is 0.234 e. The maximum atomic E-state index is 12.1. The molecule has 0 saturated heterocycles. The van der Waals surface area contributed by atoms with Gasteiger partial charge in [0.25, 0.3) is 0 Å². The second kappa shape index (κ2) is 7.68. The third-order valence-corrected chi connectivity index (χ3v) is 5.41. The summed E-state index contributed by atoms with van der Waals surface area (Å²) in [4.78, 5) is 13.0. The van der Waals surface area contributed by atoms with Crippen LogP contribution in [0.1, 0.15) is 5.56 Å². The van der Waals surface area contributed by atoms with Crippen molar-refractivity contribution in [2.45, 2.75) is 11.8 Å². The van der Waals surface area contributed by atoms with Crippen molar-refractivity contribution < 1.29 is 4.79 Å². The first-order valence-corrected chi connectivity index (χ1v) is 9.05. The molecule has 0 aromatic heterocycles. The molecule has 0 saturated carbocycles. The molecule has 0 heterocycles. The number of thioether (sulfide) groups is 1. The number of carbonyl (C=O) groups excluding carboxylic acids is 1. The minimum absolute atomic E-state index is 0.0785. The van der Waals surface area contributed by atoms with Crippen LogP contribution in [0.3, 0.4) is 0 Å². The Morgan fingerprint density at radius 1 is 1.24 bits per heavy atom. The summed E-state index contributed by atoms with van der Waals surface area (Å²) in [7, 11) is 0. The number of hydrogen-bond donors (Lipinski definition) is 1. The number of halogens is 3. The van der Waals surface area contributed by atoms with Gasteiger partial charge in [-0.25, -0.2) is 0 Å². The molecule has 21 heavy (non-hydrogen) atoms. The maximum absolute atomic E-state index is 12.1. The highest BCUT2D eigenvalue weighted by Gasteiger charge is 2.11. The van der Waals surface area contributed by atoms with Gasteiger partial charge < -0.3 is 5.32 Å². The molecule has 2 aromatic carbocycles. The second-order valence-corrected chi connectivity index (χ2v) is 7.50. The molecule has 0 aliphatic rings. The van der Waals surface area contributed by atoms with Crippen LogP contribution in [0.25, 0.3) is 0 Å². The molecule has 2 nitrogen and oxygen atoms in total. The van der Waals surface area contributed by atoms with Gasteiger partial charge in [-0.3, -0.25) is 4.79 Å². The van der Waals surface area contributed by atoms with Crippen LogP contribution in [-0.4, -0.2) is 11.7 Å². The van der Waals surface area contributed by atoms with Crippen LogP contribution in [0.4, 0.5) is 5.69 Å². The standard InChI is InChI=1S/C15H12Br2ClNOS/c1-9-6-10(16)15(11(17)7-9)19-14(20)8-21-13-5-3-2-4-12(13)18/h2-7H,8H2,1H3,(H,19,20). The number of aryl methyl sites for hydroxylation is 1. The van der Waals surface area contributed by atoms with Crippen molar-refractivity contribution >= 4 is 66.8 Å². The van der Waals surface area contributed by atoms with Gasteiger partial charge in [-0.1, -0.05) is 23.7 Å². The average Bonchev–Trinajstić information content (AvgIpc) is 2.42. The normalized spacial score (nSPS) is 10.5. The topological polar surface area (TPSA) is 29.1 Å². The smallest absolute Gasteiger partial charge is 0.234 e. The lowest BCUT2D eigenvalue weighted by molar-refractivity contribution is -0.113. The summed E-state index contributed by atoms with van der Waals surface area (Å²) in [6.45, 7) is 1.99. The third kappa shape index (κ3) is 4.74. The Morgan fingerprint density at radius 3 is 2.48 bits per heavy atom. The Hall–Kier alpha value is -0.490. The number of nitrogens with one attached hydrogen (secondary N) is 1. The van der Waals surface area contributed by atoms with Crippen LogP contribution in [0.5, 0.6) is 0 Å². The molecule has 1 N–H and O–H groups in total. The molecule has 0 aliphatic heterocycles. The van der Waals surface area contributed by atoms with E-state index in [-0.39, 0.29) is 5.91 Å². The lowest BCUT2D eigenvalue weighted by Crippen LogP contribution is -2.15. The predicted octanol–water partition coefficient (Wildman–Crippen LogP) is 5.90. The fraction of sp³-hybridized carbons (Fsp3) is 0.133. The molecule has 0 radical (unpaired) electrons. The third-order valence-electron chi connectivity index (χ3n) is 2.65. The molecule has 2 aromatic rings. The van der Waals surface area contributed by atoms with E-state index < -0.39 is 0 Å². The Morgan fingerprint density at radius 2 is 1.86 bits per heavy atom. The fourth-order valence-electron chi connectivity index (χ4n) is 1.70. The van der Waals surface area contributed by atoms with Gasteiger partial charge in [0.05, 0.1) is 16.5 Å². The van der Waals surface area contributed by atoms with Gasteiger partial charge in [0, 0.05) is 13.8 Å².